The number of hydrogen-bond donors (Lipinski definition) is 1. The first kappa shape index (κ1) is 16.2. The Morgan fingerprint density at radius 1 is 0.875 bits per heavy atom. The van der Waals surface area contributed by atoms with Crippen LogP contribution in [0.4, 0.5) is 5.69 Å². The summed E-state index contributed by atoms with van der Waals surface area (Å²) in [7, 11) is 1.11. The largest absolute Gasteiger partial charge is 0.450 e. The Kier molecular flexibility index (Phi) is 5.24. The first-order valence-corrected chi connectivity index (χ1v) is 8.01. The number of benzene rings is 3. The van der Waals surface area contributed by atoms with Gasteiger partial charge < -0.3 is 5.02 Å². The molecule has 0 amide bonds. The molecule has 0 atom stereocenters. The van der Waals surface area contributed by atoms with Gasteiger partial charge in [0.05, 0.1) is 11.4 Å². The molecule has 0 aromatic heterocycles. The molecule has 117 valence electrons. The van der Waals surface area contributed by atoms with Gasteiger partial charge in [0.2, 0.25) is 0 Å². The maximum Gasteiger partial charge on any atom is 0.326 e. The molecule has 1 N–H and O–H groups in total. The first-order valence-electron chi connectivity index (χ1n) is 8.01. The molecule has 0 aliphatic heterocycles. The highest BCUT2D eigenvalue weighted by atomic mass is 16.2. The topological polar surface area (TPSA) is 32.6 Å². The summed E-state index contributed by atoms with van der Waals surface area (Å²) >= 11 is 0. The maximum absolute atomic E-state index is 9.12. The smallest absolute Gasteiger partial charge is 0.326 e. The van der Waals surface area contributed by atoms with Gasteiger partial charge in [0.1, 0.15) is 0 Å². The Hall–Kier alpha value is -2.65. The summed E-state index contributed by atoms with van der Waals surface area (Å²) in [5.41, 5.74) is 6.23. The van der Waals surface area contributed by atoms with Crippen LogP contribution in [0.1, 0.15) is 16.7 Å². The Morgan fingerprint density at radius 2 is 1.54 bits per heavy atom. The van der Waals surface area contributed by atoms with Crippen molar-refractivity contribution in [1.29, 1.82) is 0 Å². The molecule has 0 unspecified atom stereocenters. The van der Waals surface area contributed by atoms with E-state index in [4.69, 9.17) is 10.0 Å². The van der Waals surface area contributed by atoms with Crippen molar-refractivity contribution in [2.24, 2.45) is 4.99 Å². The molecule has 0 saturated carbocycles. The standard InChI is InChI=1S/C21H19BNO/c1-16-7-5-6-10-20(16)23-21(15-17-8-3-2-4-9-17)18-11-13-19(22-24)14-12-18/h2-14,24H,15H2,1H3. The first-order chi connectivity index (χ1) is 11.8. The monoisotopic (exact) mass is 312 g/mol. The Bertz CT molecular complexity index is 826. The van der Waals surface area contributed by atoms with Crippen molar-refractivity contribution in [2.75, 3.05) is 0 Å². The zero-order valence-electron chi connectivity index (χ0n) is 13.7. The second-order valence-electron chi connectivity index (χ2n) is 5.76. The van der Waals surface area contributed by atoms with Gasteiger partial charge in [-0.15, -0.1) is 0 Å². The highest BCUT2D eigenvalue weighted by Crippen LogP contribution is 2.20. The molecule has 2 nitrogen and oxygen atoms in total. The van der Waals surface area contributed by atoms with Crippen molar-refractivity contribution in [3.8, 4) is 0 Å². The summed E-state index contributed by atoms with van der Waals surface area (Å²) in [5.74, 6) is 0. The van der Waals surface area contributed by atoms with Crippen LogP contribution in [-0.4, -0.2) is 18.2 Å². The van der Waals surface area contributed by atoms with Crippen molar-refractivity contribution >= 4 is 24.3 Å². The van der Waals surface area contributed by atoms with E-state index in [2.05, 4.69) is 25.1 Å². The number of rotatable bonds is 5. The zero-order chi connectivity index (χ0) is 16.8. The van der Waals surface area contributed by atoms with Crippen molar-refractivity contribution < 1.29 is 5.02 Å². The molecule has 0 heterocycles. The minimum absolute atomic E-state index is 0.761. The van der Waals surface area contributed by atoms with Crippen molar-refractivity contribution in [1.82, 2.24) is 0 Å². The average molecular weight is 312 g/mol. The summed E-state index contributed by atoms with van der Waals surface area (Å²) in [5, 5.41) is 9.12. The number of hydrogen-bond acceptors (Lipinski definition) is 2. The molecule has 0 aliphatic rings. The van der Waals surface area contributed by atoms with Crippen molar-refractivity contribution in [2.45, 2.75) is 13.3 Å². The Balaban J connectivity index is 2.01. The summed E-state index contributed by atoms with van der Waals surface area (Å²) < 4.78 is 0. The zero-order valence-corrected chi connectivity index (χ0v) is 13.7. The van der Waals surface area contributed by atoms with Crippen molar-refractivity contribution in [3.63, 3.8) is 0 Å². The quantitative estimate of drug-likeness (QED) is 0.567. The molecule has 0 bridgehead atoms. The maximum atomic E-state index is 9.12. The third kappa shape index (κ3) is 4.00. The van der Waals surface area contributed by atoms with Gasteiger partial charge in [-0.05, 0) is 29.7 Å². The van der Waals surface area contributed by atoms with Gasteiger partial charge in [-0.3, -0.25) is 4.99 Å². The fraction of sp³-hybridized carbons (Fsp3) is 0.0952. The van der Waals surface area contributed by atoms with Crippen LogP contribution in [0, 0.1) is 6.92 Å². The lowest BCUT2D eigenvalue weighted by atomic mass is 9.87. The van der Waals surface area contributed by atoms with Crippen LogP contribution in [0.25, 0.3) is 0 Å². The van der Waals surface area contributed by atoms with Crippen LogP contribution < -0.4 is 5.46 Å². The number of para-hydroxylation sites is 1. The minimum atomic E-state index is 0.761. The minimum Gasteiger partial charge on any atom is -0.450 e. The lowest BCUT2D eigenvalue weighted by Crippen LogP contribution is -2.14. The molecule has 3 heteroatoms. The summed E-state index contributed by atoms with van der Waals surface area (Å²) in [6.45, 7) is 2.07. The SMILES string of the molecule is Cc1ccccc1N=C(Cc1ccccc1)c1ccc([B]O)cc1. The number of aliphatic imine (C=N–C) groups is 1. The summed E-state index contributed by atoms with van der Waals surface area (Å²) in [4.78, 5) is 4.92. The van der Waals surface area contributed by atoms with Gasteiger partial charge in [0.25, 0.3) is 0 Å². The van der Waals surface area contributed by atoms with Crippen LogP contribution >= 0.6 is 0 Å². The van der Waals surface area contributed by atoms with E-state index in [9.17, 15) is 0 Å². The summed E-state index contributed by atoms with van der Waals surface area (Å²) in [6, 6.07) is 26.3. The Morgan fingerprint density at radius 3 is 2.21 bits per heavy atom. The van der Waals surface area contributed by atoms with E-state index in [0.29, 0.717) is 0 Å². The fourth-order valence-corrected chi connectivity index (χ4v) is 2.59. The van der Waals surface area contributed by atoms with E-state index in [-0.39, 0.29) is 0 Å². The van der Waals surface area contributed by atoms with E-state index >= 15 is 0 Å². The van der Waals surface area contributed by atoms with Gasteiger partial charge in [-0.25, -0.2) is 0 Å². The van der Waals surface area contributed by atoms with E-state index < -0.39 is 0 Å². The predicted molar refractivity (Wildman–Crippen MR) is 102 cm³/mol. The third-order valence-electron chi connectivity index (χ3n) is 3.98. The second kappa shape index (κ2) is 7.76. The van der Waals surface area contributed by atoms with Gasteiger partial charge >= 0.3 is 7.48 Å². The molecule has 1 radical (unpaired) electrons. The fourth-order valence-electron chi connectivity index (χ4n) is 2.59. The predicted octanol–water partition coefficient (Wildman–Crippen LogP) is 3.60. The second-order valence-corrected chi connectivity index (χ2v) is 5.76. The number of nitrogens with zero attached hydrogens (tertiary/aromatic N) is 1. The van der Waals surface area contributed by atoms with Crippen LogP contribution in [-0.2, 0) is 6.42 Å². The lowest BCUT2D eigenvalue weighted by molar-refractivity contribution is 0.615. The third-order valence-corrected chi connectivity index (χ3v) is 3.98. The van der Waals surface area contributed by atoms with Crippen molar-refractivity contribution in [3.05, 3.63) is 95.6 Å². The molecular formula is C21H19BNO. The van der Waals surface area contributed by atoms with E-state index in [1.807, 2.05) is 60.7 Å². The average Bonchev–Trinajstić information content (AvgIpc) is 2.64. The van der Waals surface area contributed by atoms with Crippen LogP contribution in [0.2, 0.25) is 0 Å². The molecule has 3 aromatic rings. The number of aryl methyl sites for hydroxylation is 1. The van der Waals surface area contributed by atoms with Gasteiger partial charge in [-0.2, -0.15) is 0 Å². The van der Waals surface area contributed by atoms with Crippen LogP contribution in [0.3, 0.4) is 0 Å². The molecule has 0 saturated heterocycles. The summed E-state index contributed by atoms with van der Waals surface area (Å²) in [6.07, 6.45) is 0.761. The lowest BCUT2D eigenvalue weighted by Gasteiger charge is -2.10. The molecule has 0 fully saturated rings. The van der Waals surface area contributed by atoms with E-state index in [1.54, 1.807) is 0 Å². The molecule has 3 rings (SSSR count). The van der Waals surface area contributed by atoms with Gasteiger partial charge in [0, 0.05) is 6.42 Å². The molecule has 24 heavy (non-hydrogen) atoms. The molecule has 3 aromatic carbocycles. The van der Waals surface area contributed by atoms with E-state index in [0.717, 1.165) is 41.9 Å². The normalized spacial score (nSPS) is 11.3. The van der Waals surface area contributed by atoms with E-state index in [1.165, 1.54) is 5.56 Å². The molecule has 0 aliphatic carbocycles. The molecule has 0 spiro atoms. The highest BCUT2D eigenvalue weighted by molar-refractivity contribution is 6.45. The van der Waals surface area contributed by atoms with Crippen LogP contribution in [0.5, 0.6) is 0 Å². The van der Waals surface area contributed by atoms with Crippen LogP contribution in [0.15, 0.2) is 83.9 Å². The highest BCUT2D eigenvalue weighted by Gasteiger charge is 2.07. The Labute approximate surface area is 143 Å². The molecular weight excluding hydrogens is 293 g/mol. The van der Waals surface area contributed by atoms with Gasteiger partial charge in [0.15, 0.2) is 0 Å². The van der Waals surface area contributed by atoms with Gasteiger partial charge in [-0.1, -0.05) is 78.3 Å².